The van der Waals surface area contributed by atoms with Crippen molar-refractivity contribution in [2.45, 2.75) is 11.4 Å². The summed E-state index contributed by atoms with van der Waals surface area (Å²) in [7, 11) is 0.691. The smallest absolute Gasteiger partial charge is 0.246 e. The van der Waals surface area contributed by atoms with E-state index in [1.807, 2.05) is 6.07 Å². The van der Waals surface area contributed by atoms with Crippen LogP contribution in [0, 0.1) is 0 Å². The minimum Gasteiger partial charge on any atom is -0.497 e. The largest absolute Gasteiger partial charge is 0.497 e. The SMILES string of the molecule is COc1ccc(OC)c(S(=O)(=O)N(C)Cc2ccccn2)c1. The molecule has 6 nitrogen and oxygen atoms in total. The van der Waals surface area contributed by atoms with Crippen molar-refractivity contribution >= 4 is 10.0 Å². The number of pyridine rings is 1. The van der Waals surface area contributed by atoms with E-state index in [1.54, 1.807) is 30.5 Å². The van der Waals surface area contributed by atoms with Gasteiger partial charge in [0.25, 0.3) is 0 Å². The molecule has 22 heavy (non-hydrogen) atoms. The average Bonchev–Trinajstić information content (AvgIpc) is 2.55. The van der Waals surface area contributed by atoms with Crippen molar-refractivity contribution in [3.05, 3.63) is 48.3 Å². The van der Waals surface area contributed by atoms with Gasteiger partial charge in [-0.1, -0.05) is 6.07 Å². The zero-order valence-corrected chi connectivity index (χ0v) is 13.5. The summed E-state index contributed by atoms with van der Waals surface area (Å²) < 4.78 is 37.0. The van der Waals surface area contributed by atoms with E-state index in [-0.39, 0.29) is 17.2 Å². The van der Waals surface area contributed by atoms with E-state index >= 15 is 0 Å². The molecular weight excluding hydrogens is 304 g/mol. The van der Waals surface area contributed by atoms with Crippen LogP contribution in [0.3, 0.4) is 0 Å². The molecule has 0 N–H and O–H groups in total. The van der Waals surface area contributed by atoms with Gasteiger partial charge >= 0.3 is 0 Å². The molecule has 0 radical (unpaired) electrons. The highest BCUT2D eigenvalue weighted by Crippen LogP contribution is 2.30. The van der Waals surface area contributed by atoms with Crippen molar-refractivity contribution in [2.24, 2.45) is 0 Å². The monoisotopic (exact) mass is 322 g/mol. The fraction of sp³-hybridized carbons (Fsp3) is 0.267. The molecule has 7 heteroatoms. The molecule has 2 aromatic rings. The number of hydrogen-bond acceptors (Lipinski definition) is 5. The minimum absolute atomic E-state index is 0.0628. The molecule has 0 unspecified atom stereocenters. The summed E-state index contributed by atoms with van der Waals surface area (Å²) in [6, 6.07) is 10.0. The van der Waals surface area contributed by atoms with E-state index in [0.29, 0.717) is 11.4 Å². The Labute approximate surface area is 130 Å². The standard InChI is InChI=1S/C15H18N2O4S/c1-17(11-12-6-4-5-9-16-12)22(18,19)15-10-13(20-2)7-8-14(15)21-3/h4-10H,11H2,1-3H3. The van der Waals surface area contributed by atoms with Crippen LogP contribution in [0.5, 0.6) is 11.5 Å². The van der Waals surface area contributed by atoms with Crippen LogP contribution in [0.2, 0.25) is 0 Å². The lowest BCUT2D eigenvalue weighted by Gasteiger charge is -2.19. The Morgan fingerprint density at radius 1 is 1.14 bits per heavy atom. The molecule has 0 spiro atoms. The number of methoxy groups -OCH3 is 2. The van der Waals surface area contributed by atoms with Gasteiger partial charge in [0.15, 0.2) is 0 Å². The Morgan fingerprint density at radius 3 is 2.50 bits per heavy atom. The predicted molar refractivity (Wildman–Crippen MR) is 82.4 cm³/mol. The molecule has 1 aromatic heterocycles. The van der Waals surface area contributed by atoms with Crippen LogP contribution >= 0.6 is 0 Å². The number of hydrogen-bond donors (Lipinski definition) is 0. The first kappa shape index (κ1) is 16.3. The molecule has 1 heterocycles. The van der Waals surface area contributed by atoms with Crippen LogP contribution in [0.1, 0.15) is 5.69 Å². The third-order valence-corrected chi connectivity index (χ3v) is 4.99. The van der Waals surface area contributed by atoms with Crippen molar-refractivity contribution in [1.82, 2.24) is 9.29 Å². The Hall–Kier alpha value is -2.12. The topological polar surface area (TPSA) is 68.7 Å². The number of nitrogens with zero attached hydrogens (tertiary/aromatic N) is 2. The van der Waals surface area contributed by atoms with Crippen LogP contribution in [-0.4, -0.2) is 39.0 Å². The zero-order valence-electron chi connectivity index (χ0n) is 12.7. The van der Waals surface area contributed by atoms with Gasteiger partial charge in [0.05, 0.1) is 26.5 Å². The lowest BCUT2D eigenvalue weighted by Crippen LogP contribution is -2.27. The Bertz CT molecular complexity index is 732. The third-order valence-electron chi connectivity index (χ3n) is 3.17. The second-order valence-electron chi connectivity index (χ2n) is 4.60. The van der Waals surface area contributed by atoms with Gasteiger partial charge in [0.1, 0.15) is 16.4 Å². The van der Waals surface area contributed by atoms with E-state index in [1.165, 1.54) is 31.6 Å². The van der Waals surface area contributed by atoms with Crippen molar-refractivity contribution < 1.29 is 17.9 Å². The highest BCUT2D eigenvalue weighted by atomic mass is 32.2. The normalized spacial score (nSPS) is 11.5. The van der Waals surface area contributed by atoms with Crippen LogP contribution in [0.25, 0.3) is 0 Å². The third kappa shape index (κ3) is 3.37. The molecular formula is C15H18N2O4S. The first-order valence-corrected chi connectivity index (χ1v) is 8.01. The Kier molecular flexibility index (Phi) is 4.99. The summed E-state index contributed by atoms with van der Waals surface area (Å²) in [6.07, 6.45) is 1.63. The summed E-state index contributed by atoms with van der Waals surface area (Å²) >= 11 is 0. The van der Waals surface area contributed by atoms with Crippen LogP contribution in [0.15, 0.2) is 47.5 Å². The van der Waals surface area contributed by atoms with E-state index in [4.69, 9.17) is 9.47 Å². The maximum atomic E-state index is 12.7. The number of aromatic nitrogens is 1. The molecule has 0 saturated carbocycles. The molecule has 0 aliphatic heterocycles. The maximum absolute atomic E-state index is 12.7. The van der Waals surface area contributed by atoms with Crippen LogP contribution < -0.4 is 9.47 Å². The quantitative estimate of drug-likeness (QED) is 0.813. The summed E-state index contributed by atoms with van der Waals surface area (Å²) in [5.41, 5.74) is 0.662. The summed E-state index contributed by atoms with van der Waals surface area (Å²) in [5.74, 6) is 0.722. The molecule has 0 aliphatic carbocycles. The van der Waals surface area contributed by atoms with Gasteiger partial charge in [-0.2, -0.15) is 4.31 Å². The zero-order chi connectivity index (χ0) is 16.2. The molecule has 0 saturated heterocycles. The molecule has 0 atom stereocenters. The van der Waals surface area contributed by atoms with E-state index in [2.05, 4.69) is 4.98 Å². The van der Waals surface area contributed by atoms with E-state index in [9.17, 15) is 8.42 Å². The van der Waals surface area contributed by atoms with Gasteiger partial charge in [-0.15, -0.1) is 0 Å². The summed E-state index contributed by atoms with van der Waals surface area (Å²) in [5, 5.41) is 0. The van der Waals surface area contributed by atoms with Gasteiger partial charge in [-0.3, -0.25) is 4.98 Å². The van der Waals surface area contributed by atoms with Crippen molar-refractivity contribution in [1.29, 1.82) is 0 Å². The van der Waals surface area contributed by atoms with Crippen molar-refractivity contribution in [2.75, 3.05) is 21.3 Å². The highest BCUT2D eigenvalue weighted by molar-refractivity contribution is 7.89. The molecule has 118 valence electrons. The molecule has 2 rings (SSSR count). The second kappa shape index (κ2) is 6.76. The predicted octanol–water partition coefficient (Wildman–Crippen LogP) is 1.92. The number of sulfonamides is 1. The Morgan fingerprint density at radius 2 is 1.91 bits per heavy atom. The Balaban J connectivity index is 2.37. The molecule has 0 aliphatic rings. The fourth-order valence-corrected chi connectivity index (χ4v) is 3.27. The minimum atomic E-state index is -3.72. The van der Waals surface area contributed by atoms with Gasteiger partial charge in [0.2, 0.25) is 10.0 Å². The average molecular weight is 322 g/mol. The number of rotatable bonds is 6. The number of ether oxygens (including phenoxy) is 2. The molecule has 0 amide bonds. The lowest BCUT2D eigenvalue weighted by atomic mass is 10.3. The van der Waals surface area contributed by atoms with Gasteiger partial charge in [0, 0.05) is 19.3 Å². The maximum Gasteiger partial charge on any atom is 0.246 e. The second-order valence-corrected chi connectivity index (χ2v) is 6.61. The van der Waals surface area contributed by atoms with E-state index < -0.39 is 10.0 Å². The van der Waals surface area contributed by atoms with Crippen LogP contribution in [0.4, 0.5) is 0 Å². The summed E-state index contributed by atoms with van der Waals surface area (Å²) in [4.78, 5) is 4.20. The number of benzene rings is 1. The van der Waals surface area contributed by atoms with Gasteiger partial charge < -0.3 is 9.47 Å². The van der Waals surface area contributed by atoms with Crippen molar-refractivity contribution in [3.63, 3.8) is 0 Å². The summed E-state index contributed by atoms with van der Waals surface area (Å²) in [6.45, 7) is 0.170. The fourth-order valence-electron chi connectivity index (χ4n) is 1.96. The first-order valence-electron chi connectivity index (χ1n) is 6.57. The van der Waals surface area contributed by atoms with E-state index in [0.717, 1.165) is 0 Å². The van der Waals surface area contributed by atoms with Crippen LogP contribution in [-0.2, 0) is 16.6 Å². The van der Waals surface area contributed by atoms with Crippen molar-refractivity contribution in [3.8, 4) is 11.5 Å². The molecule has 1 aromatic carbocycles. The highest BCUT2D eigenvalue weighted by Gasteiger charge is 2.26. The first-order chi connectivity index (χ1) is 10.5. The molecule has 0 fully saturated rings. The van der Waals surface area contributed by atoms with Gasteiger partial charge in [-0.25, -0.2) is 8.42 Å². The van der Waals surface area contributed by atoms with Gasteiger partial charge in [-0.05, 0) is 24.3 Å². The lowest BCUT2D eigenvalue weighted by molar-refractivity contribution is 0.387. The molecule has 0 bridgehead atoms.